The number of ether oxygens (including phenoxy) is 4. The maximum Gasteiger partial charge on any atom is 0.306 e. The molecule has 0 amide bonds. The highest BCUT2D eigenvalue weighted by Gasteiger charge is 2.46. The molecule has 0 saturated carbocycles. The summed E-state index contributed by atoms with van der Waals surface area (Å²) in [5, 5.41) is 30.9. The zero-order valence-electron chi connectivity index (χ0n) is 38.2. The van der Waals surface area contributed by atoms with E-state index < -0.39 is 71.2 Å². The smallest absolute Gasteiger partial charge is 0.306 e. The normalized spacial score (nSPS) is 20.4. The first-order valence-corrected chi connectivity index (χ1v) is 25.5. The van der Waals surface area contributed by atoms with Crippen LogP contribution in [-0.2, 0) is 38.7 Å². The lowest BCUT2D eigenvalue weighted by atomic mass is 10.00. The summed E-state index contributed by atoms with van der Waals surface area (Å²) in [4.78, 5) is 25.4. The van der Waals surface area contributed by atoms with Gasteiger partial charge in [-0.25, -0.2) is 0 Å². The summed E-state index contributed by atoms with van der Waals surface area (Å²) in [7, 11) is -4.61. The molecular weight excluding hydrogens is 813 g/mol. The maximum absolute atomic E-state index is 12.8. The van der Waals surface area contributed by atoms with Gasteiger partial charge in [0, 0.05) is 12.8 Å². The van der Waals surface area contributed by atoms with Crippen LogP contribution in [0.4, 0.5) is 0 Å². The maximum atomic E-state index is 12.8. The minimum Gasteiger partial charge on any atom is -0.462 e. The van der Waals surface area contributed by atoms with Gasteiger partial charge in [0.05, 0.1) is 6.61 Å². The van der Waals surface area contributed by atoms with Crippen LogP contribution in [0.1, 0.15) is 181 Å². The van der Waals surface area contributed by atoms with Gasteiger partial charge in [-0.1, -0.05) is 152 Å². The van der Waals surface area contributed by atoms with Gasteiger partial charge in [0.1, 0.15) is 36.8 Å². The van der Waals surface area contributed by atoms with Crippen molar-refractivity contribution in [3.63, 3.8) is 0 Å². The van der Waals surface area contributed by atoms with Gasteiger partial charge in [0.15, 0.2) is 12.4 Å². The fourth-order valence-corrected chi connectivity index (χ4v) is 7.53. The van der Waals surface area contributed by atoms with Crippen molar-refractivity contribution in [1.29, 1.82) is 0 Å². The van der Waals surface area contributed by atoms with Crippen LogP contribution in [0.2, 0.25) is 0 Å². The topological polar surface area (TPSA) is 186 Å². The molecule has 2 unspecified atom stereocenters. The Bertz CT molecular complexity index is 1370. The van der Waals surface area contributed by atoms with Gasteiger partial charge < -0.3 is 34.3 Å². The van der Waals surface area contributed by atoms with Crippen molar-refractivity contribution in [3.8, 4) is 0 Å². The fourth-order valence-electron chi connectivity index (χ4n) is 6.84. The number of esters is 2. The summed E-state index contributed by atoms with van der Waals surface area (Å²) in [5.74, 6) is -2.06. The molecule has 1 aliphatic heterocycles. The van der Waals surface area contributed by atoms with E-state index in [1.165, 1.54) is 89.9 Å². The van der Waals surface area contributed by atoms with E-state index in [9.17, 15) is 37.9 Å². The van der Waals surface area contributed by atoms with Crippen molar-refractivity contribution < 1.29 is 56.8 Å². The number of hydrogen-bond acceptors (Lipinski definition) is 11. The number of hydrogen-bond donors (Lipinski definition) is 4. The van der Waals surface area contributed by atoms with E-state index in [0.29, 0.717) is 19.3 Å². The molecule has 1 heterocycles. The number of carbonyl (C=O) groups is 2. The average Bonchev–Trinajstić information content (AvgIpc) is 3.24. The summed E-state index contributed by atoms with van der Waals surface area (Å²) < 4.78 is 54.1. The highest BCUT2D eigenvalue weighted by Crippen LogP contribution is 2.24. The molecule has 358 valence electrons. The van der Waals surface area contributed by atoms with Crippen molar-refractivity contribution in [1.82, 2.24) is 0 Å². The van der Waals surface area contributed by atoms with E-state index >= 15 is 0 Å². The largest absolute Gasteiger partial charge is 0.462 e. The Kier molecular flexibility index (Phi) is 35.9. The Morgan fingerprint density at radius 2 is 0.984 bits per heavy atom. The van der Waals surface area contributed by atoms with E-state index in [1.54, 1.807) is 0 Å². The van der Waals surface area contributed by atoms with Crippen LogP contribution in [0.25, 0.3) is 0 Å². The van der Waals surface area contributed by atoms with Gasteiger partial charge in [-0.3, -0.25) is 14.1 Å². The van der Waals surface area contributed by atoms with Crippen LogP contribution in [-0.4, -0.2) is 96.0 Å². The van der Waals surface area contributed by atoms with Gasteiger partial charge in [0.25, 0.3) is 10.1 Å². The van der Waals surface area contributed by atoms with Crippen molar-refractivity contribution in [2.75, 3.05) is 19.0 Å². The lowest BCUT2D eigenvalue weighted by molar-refractivity contribution is -0.297. The van der Waals surface area contributed by atoms with E-state index in [4.69, 9.17) is 18.9 Å². The lowest BCUT2D eigenvalue weighted by Crippen LogP contribution is -2.60. The second-order valence-electron chi connectivity index (χ2n) is 16.4. The predicted octanol–water partition coefficient (Wildman–Crippen LogP) is 10.1. The summed E-state index contributed by atoms with van der Waals surface area (Å²) >= 11 is 0. The molecule has 1 saturated heterocycles. The standard InChI is InChI=1S/C49H84O12S/c1-3-5-7-9-11-13-15-17-19-21-23-25-27-29-31-33-35-37-44(50)58-39-42(40-59-49-48(54)47(53)46(52)43(61-49)41-62(55,56)57)60-45(51)38-36-34-32-30-28-26-24-22-20-18-16-14-12-10-8-6-4-2/h12-15,18,20,24,26,30,32,42-43,46-49,52-54H,3-11,16-17,19,21-23,25,27-29,31,33-41H2,1-2H3,(H,55,56,57)/b14-12+,15-13+,20-18+,26-24+,32-30+/t42-,43-,46-,47?,48?,49+/m1/s1. The molecule has 0 bridgehead atoms. The third-order valence-electron chi connectivity index (χ3n) is 10.6. The van der Waals surface area contributed by atoms with Gasteiger partial charge in [-0.2, -0.15) is 8.42 Å². The van der Waals surface area contributed by atoms with Crippen LogP contribution in [0.15, 0.2) is 60.8 Å². The fraction of sp³-hybridized carbons (Fsp3) is 0.755. The van der Waals surface area contributed by atoms with Crippen molar-refractivity contribution in [2.24, 2.45) is 0 Å². The molecular formula is C49H84O12S. The van der Waals surface area contributed by atoms with Gasteiger partial charge >= 0.3 is 11.9 Å². The first-order chi connectivity index (χ1) is 30.0. The SMILES string of the molecule is CCCCC/C=C/C/C=C/C/C=C/C/C=C/CCCC(=O)O[C@H](COC(=O)CCCCCCCCCCC/C=C/CCCCCC)CO[C@H]1O[C@H](CS(=O)(=O)O)[C@@H](O)C(O)C1O. The van der Waals surface area contributed by atoms with Crippen molar-refractivity contribution in [3.05, 3.63) is 60.8 Å². The van der Waals surface area contributed by atoms with E-state index in [0.717, 1.165) is 44.9 Å². The second kappa shape index (κ2) is 38.8. The Hall–Kier alpha value is -2.65. The second-order valence-corrected chi connectivity index (χ2v) is 17.9. The Morgan fingerprint density at radius 1 is 0.548 bits per heavy atom. The molecule has 4 N–H and O–H groups in total. The Morgan fingerprint density at radius 3 is 1.53 bits per heavy atom. The molecule has 1 rings (SSSR count). The number of carbonyl (C=O) groups excluding carboxylic acids is 2. The monoisotopic (exact) mass is 897 g/mol. The number of allylic oxidation sites excluding steroid dienone is 10. The van der Waals surface area contributed by atoms with Gasteiger partial charge in [0.2, 0.25) is 0 Å². The highest BCUT2D eigenvalue weighted by molar-refractivity contribution is 7.85. The van der Waals surface area contributed by atoms with E-state index in [1.807, 2.05) is 12.2 Å². The van der Waals surface area contributed by atoms with E-state index in [2.05, 4.69) is 62.5 Å². The van der Waals surface area contributed by atoms with Crippen molar-refractivity contribution in [2.45, 2.75) is 218 Å². The highest BCUT2D eigenvalue weighted by atomic mass is 32.2. The summed E-state index contributed by atoms with van der Waals surface area (Å²) in [6, 6.07) is 0. The molecule has 13 heteroatoms. The molecule has 6 atom stereocenters. The molecule has 0 aromatic rings. The lowest BCUT2D eigenvalue weighted by Gasteiger charge is -2.40. The molecule has 0 aliphatic carbocycles. The molecule has 1 aliphatic rings. The minimum atomic E-state index is -4.61. The van der Waals surface area contributed by atoms with E-state index in [-0.39, 0.29) is 19.4 Å². The van der Waals surface area contributed by atoms with Gasteiger partial charge in [-0.15, -0.1) is 0 Å². The van der Waals surface area contributed by atoms with Crippen molar-refractivity contribution >= 4 is 22.1 Å². The Balaban J connectivity index is 2.47. The first-order valence-electron chi connectivity index (χ1n) is 23.8. The molecule has 1 fully saturated rings. The molecule has 12 nitrogen and oxygen atoms in total. The zero-order chi connectivity index (χ0) is 45.5. The molecule has 62 heavy (non-hydrogen) atoms. The summed E-state index contributed by atoms with van der Waals surface area (Å²) in [6.45, 7) is 3.68. The molecule has 0 radical (unpaired) electrons. The molecule has 0 aromatic carbocycles. The summed E-state index contributed by atoms with van der Waals surface area (Å²) in [6.07, 6.45) is 38.4. The minimum absolute atomic E-state index is 0.0863. The van der Waals surface area contributed by atoms with Crippen LogP contribution in [0.5, 0.6) is 0 Å². The van der Waals surface area contributed by atoms with Gasteiger partial charge in [-0.05, 0) is 77.0 Å². The first kappa shape index (κ1) is 57.4. The van der Waals surface area contributed by atoms with Crippen LogP contribution in [0, 0.1) is 0 Å². The summed E-state index contributed by atoms with van der Waals surface area (Å²) in [5.41, 5.74) is 0. The average molecular weight is 897 g/mol. The number of aliphatic hydroxyl groups is 3. The third kappa shape index (κ3) is 32.9. The third-order valence-corrected chi connectivity index (χ3v) is 11.3. The van der Waals surface area contributed by atoms with Crippen LogP contribution in [0.3, 0.4) is 0 Å². The van der Waals surface area contributed by atoms with Crippen LogP contribution >= 0.6 is 0 Å². The Labute approximate surface area is 375 Å². The number of unbranched alkanes of at least 4 members (excludes halogenated alkanes) is 17. The predicted molar refractivity (Wildman–Crippen MR) is 247 cm³/mol. The molecule has 0 spiro atoms. The molecule has 0 aromatic heterocycles. The number of aliphatic hydroxyl groups excluding tert-OH is 3. The zero-order valence-corrected chi connectivity index (χ0v) is 39.0. The quantitative estimate of drug-likeness (QED) is 0.0198. The number of rotatable bonds is 39. The van der Waals surface area contributed by atoms with Crippen LogP contribution < -0.4 is 0 Å².